The first-order valence-corrected chi connectivity index (χ1v) is 10.5. The summed E-state index contributed by atoms with van der Waals surface area (Å²) in [5.74, 6) is -0.950. The van der Waals surface area contributed by atoms with Crippen LogP contribution in [0.4, 0.5) is 0 Å². The Labute approximate surface area is 182 Å². The van der Waals surface area contributed by atoms with Gasteiger partial charge in [0.05, 0.1) is 35.1 Å². The van der Waals surface area contributed by atoms with Crippen LogP contribution in [0.3, 0.4) is 0 Å². The predicted molar refractivity (Wildman–Crippen MR) is 112 cm³/mol. The molecule has 152 valence electrons. The minimum atomic E-state index is -1.54. The fourth-order valence-corrected chi connectivity index (χ4v) is 5.29. The van der Waals surface area contributed by atoms with Crippen LogP contribution in [0.25, 0.3) is 0 Å². The van der Waals surface area contributed by atoms with Crippen LogP contribution < -0.4 is 0 Å². The quantitative estimate of drug-likeness (QED) is 0.730. The topological polar surface area (TPSA) is 90.6 Å². The third kappa shape index (κ3) is 3.27. The van der Waals surface area contributed by atoms with Crippen LogP contribution in [0.5, 0.6) is 0 Å². The number of carbonyl (C=O) groups is 2. The SMILES string of the molecule is COC(=O)c1ccc([C@@H]2CC(=O)N3C(=C2C#N)SC[C@]3(O)c2ccc(Cl)cc2)cc1. The van der Waals surface area contributed by atoms with Crippen LogP contribution in [-0.4, -0.2) is 34.7 Å². The summed E-state index contributed by atoms with van der Waals surface area (Å²) in [5.41, 5.74) is 0.575. The van der Waals surface area contributed by atoms with E-state index in [4.69, 9.17) is 16.3 Å². The van der Waals surface area contributed by atoms with Gasteiger partial charge < -0.3 is 9.84 Å². The molecule has 2 aliphatic heterocycles. The zero-order valence-corrected chi connectivity index (χ0v) is 17.5. The molecule has 8 heteroatoms. The number of carbonyl (C=O) groups excluding carboxylic acids is 2. The number of benzene rings is 2. The third-order valence-electron chi connectivity index (χ3n) is 5.35. The molecule has 2 aromatic rings. The fourth-order valence-electron chi connectivity index (χ4n) is 3.81. The van der Waals surface area contributed by atoms with Crippen molar-refractivity contribution in [2.45, 2.75) is 18.1 Å². The summed E-state index contributed by atoms with van der Waals surface area (Å²) in [6.07, 6.45) is 0.0421. The average molecular weight is 441 g/mol. The lowest BCUT2D eigenvalue weighted by atomic mass is 9.85. The van der Waals surface area contributed by atoms with Gasteiger partial charge in [0.1, 0.15) is 0 Å². The highest BCUT2D eigenvalue weighted by molar-refractivity contribution is 8.03. The van der Waals surface area contributed by atoms with E-state index in [1.165, 1.54) is 23.8 Å². The molecule has 0 saturated carbocycles. The van der Waals surface area contributed by atoms with Crippen molar-refractivity contribution in [1.82, 2.24) is 4.90 Å². The number of ether oxygens (including phenoxy) is 1. The number of nitrogens with zero attached hydrogens (tertiary/aromatic N) is 2. The number of fused-ring (bicyclic) bond motifs is 1. The van der Waals surface area contributed by atoms with Gasteiger partial charge in [0.15, 0.2) is 5.72 Å². The molecule has 0 aliphatic carbocycles. The second-order valence-corrected chi connectivity index (χ2v) is 8.44. The van der Waals surface area contributed by atoms with E-state index < -0.39 is 17.6 Å². The van der Waals surface area contributed by atoms with Crippen molar-refractivity contribution >= 4 is 35.2 Å². The molecule has 1 fully saturated rings. The fraction of sp³-hybridized carbons (Fsp3) is 0.227. The van der Waals surface area contributed by atoms with E-state index in [9.17, 15) is 20.0 Å². The first-order chi connectivity index (χ1) is 14.4. The van der Waals surface area contributed by atoms with E-state index in [2.05, 4.69) is 6.07 Å². The Bertz CT molecular complexity index is 1090. The van der Waals surface area contributed by atoms with E-state index in [1.807, 2.05) is 0 Å². The normalized spacial score (nSPS) is 23.2. The maximum Gasteiger partial charge on any atom is 0.337 e. The minimum Gasteiger partial charge on any atom is -0.465 e. The maximum absolute atomic E-state index is 13.1. The van der Waals surface area contributed by atoms with Gasteiger partial charge in [0.2, 0.25) is 5.91 Å². The molecule has 0 spiro atoms. The first-order valence-electron chi connectivity index (χ1n) is 9.16. The van der Waals surface area contributed by atoms with Crippen LogP contribution in [0.1, 0.15) is 33.8 Å². The molecule has 2 aromatic carbocycles. The molecular weight excluding hydrogens is 424 g/mol. The van der Waals surface area contributed by atoms with E-state index in [0.29, 0.717) is 26.8 Å². The highest BCUT2D eigenvalue weighted by Crippen LogP contribution is 2.51. The number of rotatable bonds is 3. The molecule has 6 nitrogen and oxygen atoms in total. The number of thioether (sulfide) groups is 1. The van der Waals surface area contributed by atoms with Gasteiger partial charge in [-0.3, -0.25) is 9.69 Å². The first kappa shape index (κ1) is 20.5. The summed E-state index contributed by atoms with van der Waals surface area (Å²) in [4.78, 5) is 26.1. The van der Waals surface area contributed by atoms with Crippen molar-refractivity contribution in [2.75, 3.05) is 12.9 Å². The van der Waals surface area contributed by atoms with E-state index in [1.54, 1.807) is 48.5 Å². The number of aliphatic hydroxyl groups is 1. The standard InChI is InChI=1S/C22H17ClN2O4S/c1-29-21(27)14-4-2-13(3-5-14)17-10-19(26)25-20(18(17)11-24)30-12-22(25,28)15-6-8-16(23)9-7-15/h2-9,17,28H,10,12H2,1H3/t17-,22-/m0/s1. The molecule has 2 atom stereocenters. The number of hydrogen-bond acceptors (Lipinski definition) is 6. The molecule has 1 saturated heterocycles. The Morgan fingerprint density at radius 3 is 2.53 bits per heavy atom. The van der Waals surface area contributed by atoms with Gasteiger partial charge in [-0.15, -0.1) is 11.8 Å². The monoisotopic (exact) mass is 440 g/mol. The molecule has 30 heavy (non-hydrogen) atoms. The van der Waals surface area contributed by atoms with Crippen LogP contribution in [0, 0.1) is 11.3 Å². The number of allylic oxidation sites excluding steroid dienone is 1. The van der Waals surface area contributed by atoms with Gasteiger partial charge in [-0.2, -0.15) is 5.26 Å². The van der Waals surface area contributed by atoms with Crippen LogP contribution in [-0.2, 0) is 15.3 Å². The Morgan fingerprint density at radius 1 is 1.27 bits per heavy atom. The van der Waals surface area contributed by atoms with Crippen LogP contribution in [0.2, 0.25) is 5.02 Å². The maximum atomic E-state index is 13.1. The highest BCUT2D eigenvalue weighted by Gasteiger charge is 2.51. The van der Waals surface area contributed by atoms with Gasteiger partial charge >= 0.3 is 5.97 Å². The lowest BCUT2D eigenvalue weighted by molar-refractivity contribution is -0.149. The Balaban J connectivity index is 1.73. The molecule has 4 rings (SSSR count). The van der Waals surface area contributed by atoms with Gasteiger partial charge in [-0.25, -0.2) is 4.79 Å². The number of methoxy groups -OCH3 is 1. The number of nitriles is 1. The number of halogens is 1. The van der Waals surface area contributed by atoms with Crippen molar-refractivity contribution in [1.29, 1.82) is 5.26 Å². The minimum absolute atomic E-state index is 0.0421. The summed E-state index contributed by atoms with van der Waals surface area (Å²) in [5, 5.41) is 22.2. The Kier molecular flexibility index (Phi) is 5.33. The van der Waals surface area contributed by atoms with Gasteiger partial charge in [0, 0.05) is 22.9 Å². The second kappa shape index (κ2) is 7.80. The number of esters is 1. The molecule has 2 heterocycles. The van der Waals surface area contributed by atoms with E-state index >= 15 is 0 Å². The average Bonchev–Trinajstić information content (AvgIpc) is 3.12. The van der Waals surface area contributed by atoms with Gasteiger partial charge in [-0.05, 0) is 29.8 Å². The van der Waals surface area contributed by atoms with E-state index in [0.717, 1.165) is 5.56 Å². The highest BCUT2D eigenvalue weighted by atomic mass is 35.5. The summed E-state index contributed by atoms with van der Waals surface area (Å²) >= 11 is 7.24. The summed E-state index contributed by atoms with van der Waals surface area (Å²) < 4.78 is 4.71. The summed E-state index contributed by atoms with van der Waals surface area (Å²) in [6.45, 7) is 0. The number of hydrogen-bond donors (Lipinski definition) is 1. The summed E-state index contributed by atoms with van der Waals surface area (Å²) in [7, 11) is 1.31. The van der Waals surface area contributed by atoms with Gasteiger partial charge in [0.25, 0.3) is 0 Å². The molecule has 0 unspecified atom stereocenters. The Morgan fingerprint density at radius 2 is 1.93 bits per heavy atom. The van der Waals surface area contributed by atoms with Crippen LogP contribution >= 0.6 is 23.4 Å². The molecule has 1 N–H and O–H groups in total. The van der Waals surface area contributed by atoms with Crippen molar-refractivity contribution in [3.8, 4) is 6.07 Å². The Hall–Kier alpha value is -2.79. The van der Waals surface area contributed by atoms with Crippen molar-refractivity contribution in [2.24, 2.45) is 0 Å². The molecule has 2 aliphatic rings. The molecular formula is C22H17ClN2O4S. The largest absolute Gasteiger partial charge is 0.465 e. The third-order valence-corrected chi connectivity index (χ3v) is 6.83. The smallest absolute Gasteiger partial charge is 0.337 e. The van der Waals surface area contributed by atoms with Crippen molar-refractivity contribution in [3.05, 3.63) is 80.8 Å². The van der Waals surface area contributed by atoms with Gasteiger partial charge in [-0.1, -0.05) is 35.9 Å². The van der Waals surface area contributed by atoms with E-state index in [-0.39, 0.29) is 18.1 Å². The summed E-state index contributed by atoms with van der Waals surface area (Å²) in [6, 6.07) is 15.6. The lowest BCUT2D eigenvalue weighted by Gasteiger charge is -2.38. The van der Waals surface area contributed by atoms with Crippen molar-refractivity contribution in [3.63, 3.8) is 0 Å². The molecule has 0 aromatic heterocycles. The molecule has 1 amide bonds. The van der Waals surface area contributed by atoms with Crippen LogP contribution in [0.15, 0.2) is 59.1 Å². The molecule has 0 radical (unpaired) electrons. The second-order valence-electron chi connectivity index (χ2n) is 7.04. The lowest BCUT2D eigenvalue weighted by Crippen LogP contribution is -2.48. The zero-order valence-electron chi connectivity index (χ0n) is 16.0. The van der Waals surface area contributed by atoms with Crippen molar-refractivity contribution < 1.29 is 19.4 Å². The molecule has 0 bridgehead atoms. The predicted octanol–water partition coefficient (Wildman–Crippen LogP) is 3.77. The zero-order chi connectivity index (χ0) is 21.5. The number of amides is 1.